The molecule has 0 saturated carbocycles. The second kappa shape index (κ2) is 6.96. The van der Waals surface area contributed by atoms with Gasteiger partial charge in [0.25, 0.3) is 0 Å². The van der Waals surface area contributed by atoms with Crippen LogP contribution in [0.15, 0.2) is 30.6 Å². The predicted octanol–water partition coefficient (Wildman–Crippen LogP) is 3.19. The van der Waals surface area contributed by atoms with Crippen molar-refractivity contribution in [2.24, 2.45) is 0 Å². The summed E-state index contributed by atoms with van der Waals surface area (Å²) in [5.41, 5.74) is 4.38. The molecule has 122 valence electrons. The molecule has 23 heavy (non-hydrogen) atoms. The van der Waals surface area contributed by atoms with Crippen LogP contribution in [0.3, 0.4) is 0 Å². The fraction of sp³-hybridized carbons (Fsp3) is 0.444. The summed E-state index contributed by atoms with van der Waals surface area (Å²) in [7, 11) is 0. The van der Waals surface area contributed by atoms with Gasteiger partial charge in [-0.1, -0.05) is 24.1 Å². The third-order valence-corrected chi connectivity index (χ3v) is 4.52. The summed E-state index contributed by atoms with van der Waals surface area (Å²) in [6.45, 7) is 5.46. The highest BCUT2D eigenvalue weighted by Crippen LogP contribution is 2.30. The molecule has 1 saturated heterocycles. The molecule has 1 fully saturated rings. The maximum atomic E-state index is 12.5. The number of hydrogen-bond donors (Lipinski definition) is 2. The van der Waals surface area contributed by atoms with Crippen molar-refractivity contribution in [1.82, 2.24) is 15.1 Å². The normalized spacial score (nSPS) is 18.8. The molecule has 1 aliphatic heterocycles. The molecule has 1 amide bonds. The van der Waals surface area contributed by atoms with Crippen LogP contribution in [0.4, 0.5) is 5.69 Å². The third-order valence-electron chi connectivity index (χ3n) is 4.52. The van der Waals surface area contributed by atoms with Gasteiger partial charge in [-0.25, -0.2) is 0 Å². The van der Waals surface area contributed by atoms with Crippen molar-refractivity contribution in [3.05, 3.63) is 47.3 Å². The van der Waals surface area contributed by atoms with Crippen molar-refractivity contribution in [3.63, 3.8) is 0 Å². The van der Waals surface area contributed by atoms with Crippen molar-refractivity contribution in [1.29, 1.82) is 0 Å². The monoisotopic (exact) mass is 312 g/mol. The van der Waals surface area contributed by atoms with E-state index in [9.17, 15) is 4.79 Å². The fourth-order valence-electron chi connectivity index (χ4n) is 3.33. The van der Waals surface area contributed by atoms with E-state index >= 15 is 0 Å². The smallest absolute Gasteiger partial charge is 0.238 e. The number of nitrogens with one attached hydrogen (secondary N) is 2. The summed E-state index contributed by atoms with van der Waals surface area (Å²) >= 11 is 0. The number of amides is 1. The summed E-state index contributed by atoms with van der Waals surface area (Å²) in [6.07, 6.45) is 7.22. The molecular weight excluding hydrogens is 288 g/mol. The van der Waals surface area contributed by atoms with Gasteiger partial charge in [0, 0.05) is 23.5 Å². The number of aryl methyl sites for hydroxylation is 2. The lowest BCUT2D eigenvalue weighted by molar-refractivity contribution is -0.118. The maximum absolute atomic E-state index is 12.5. The third kappa shape index (κ3) is 3.79. The Hall–Kier alpha value is -2.14. The summed E-state index contributed by atoms with van der Waals surface area (Å²) in [5.74, 6) is 0.0485. The van der Waals surface area contributed by atoms with Gasteiger partial charge in [0.05, 0.1) is 12.7 Å². The average molecular weight is 312 g/mol. The molecule has 3 rings (SSSR count). The van der Waals surface area contributed by atoms with E-state index in [1.807, 2.05) is 31.5 Å². The number of nitrogens with zero attached hydrogens (tertiary/aromatic N) is 2. The number of aromatic amines is 1. The van der Waals surface area contributed by atoms with E-state index in [2.05, 4.69) is 33.4 Å². The first-order valence-corrected chi connectivity index (χ1v) is 8.23. The predicted molar refractivity (Wildman–Crippen MR) is 91.3 cm³/mol. The van der Waals surface area contributed by atoms with E-state index < -0.39 is 0 Å². The molecule has 0 spiro atoms. The van der Waals surface area contributed by atoms with Crippen LogP contribution >= 0.6 is 0 Å². The first-order chi connectivity index (χ1) is 11.1. The van der Waals surface area contributed by atoms with Gasteiger partial charge in [0.2, 0.25) is 5.91 Å². The van der Waals surface area contributed by atoms with Crippen molar-refractivity contribution in [2.45, 2.75) is 39.2 Å². The number of aromatic nitrogens is 2. The summed E-state index contributed by atoms with van der Waals surface area (Å²) in [4.78, 5) is 14.7. The molecule has 0 radical (unpaired) electrons. The number of carbonyl (C=O) groups excluding carboxylic acids is 1. The fourth-order valence-corrected chi connectivity index (χ4v) is 3.33. The molecule has 2 heterocycles. The van der Waals surface area contributed by atoms with Crippen LogP contribution in [0.2, 0.25) is 0 Å². The van der Waals surface area contributed by atoms with Gasteiger partial charge in [-0.3, -0.25) is 14.8 Å². The zero-order valence-corrected chi connectivity index (χ0v) is 13.8. The lowest BCUT2D eigenvalue weighted by Gasteiger charge is -2.34. The minimum atomic E-state index is 0.0485. The number of carbonyl (C=O) groups is 1. The number of benzene rings is 1. The molecule has 5 nitrogen and oxygen atoms in total. The van der Waals surface area contributed by atoms with Crippen molar-refractivity contribution in [2.75, 3.05) is 18.4 Å². The number of rotatable bonds is 4. The Balaban J connectivity index is 1.66. The zero-order chi connectivity index (χ0) is 16.2. The SMILES string of the molecule is Cc1ccc(NC(=O)CN2CCCC[C@H]2c2cn[nH]c2)c(C)c1. The number of piperidine rings is 1. The Kier molecular flexibility index (Phi) is 4.76. The highest BCUT2D eigenvalue weighted by Gasteiger charge is 2.26. The van der Waals surface area contributed by atoms with E-state index in [4.69, 9.17) is 0 Å². The quantitative estimate of drug-likeness (QED) is 0.911. The Morgan fingerprint density at radius 3 is 3.00 bits per heavy atom. The van der Waals surface area contributed by atoms with E-state index in [1.54, 1.807) is 0 Å². The maximum Gasteiger partial charge on any atom is 0.238 e. The lowest BCUT2D eigenvalue weighted by Crippen LogP contribution is -2.39. The summed E-state index contributed by atoms with van der Waals surface area (Å²) in [5, 5.41) is 9.97. The molecule has 1 aromatic carbocycles. The molecule has 2 N–H and O–H groups in total. The van der Waals surface area contributed by atoms with Crippen LogP contribution in [0, 0.1) is 13.8 Å². The molecule has 0 unspecified atom stereocenters. The standard InChI is InChI=1S/C18H24N4O/c1-13-6-7-16(14(2)9-13)21-18(23)12-22-8-4-3-5-17(22)15-10-19-20-11-15/h6-7,9-11,17H,3-5,8,12H2,1-2H3,(H,19,20)(H,21,23)/t17-/m0/s1. The zero-order valence-electron chi connectivity index (χ0n) is 13.8. The van der Waals surface area contributed by atoms with Gasteiger partial charge in [0.1, 0.15) is 0 Å². The molecule has 1 aliphatic rings. The Morgan fingerprint density at radius 2 is 2.26 bits per heavy atom. The van der Waals surface area contributed by atoms with E-state index in [0.717, 1.165) is 30.6 Å². The van der Waals surface area contributed by atoms with E-state index in [0.29, 0.717) is 6.54 Å². The highest BCUT2D eigenvalue weighted by atomic mass is 16.2. The van der Waals surface area contributed by atoms with Gasteiger partial charge < -0.3 is 5.32 Å². The van der Waals surface area contributed by atoms with Gasteiger partial charge in [0.15, 0.2) is 0 Å². The van der Waals surface area contributed by atoms with Gasteiger partial charge in [-0.2, -0.15) is 5.10 Å². The van der Waals surface area contributed by atoms with E-state index in [1.165, 1.54) is 17.5 Å². The highest BCUT2D eigenvalue weighted by molar-refractivity contribution is 5.93. The Bertz CT molecular complexity index is 666. The number of H-pyrrole nitrogens is 1. The molecule has 2 aromatic rings. The van der Waals surface area contributed by atoms with Crippen LogP contribution in [-0.4, -0.2) is 34.1 Å². The number of likely N-dealkylation sites (tertiary alicyclic amines) is 1. The Morgan fingerprint density at radius 1 is 1.39 bits per heavy atom. The van der Waals surface area contributed by atoms with Crippen molar-refractivity contribution >= 4 is 11.6 Å². The minimum absolute atomic E-state index is 0.0485. The van der Waals surface area contributed by atoms with Crippen LogP contribution in [0.1, 0.15) is 42.0 Å². The molecule has 5 heteroatoms. The summed E-state index contributed by atoms with van der Waals surface area (Å²) < 4.78 is 0. The topological polar surface area (TPSA) is 61.0 Å². The van der Waals surface area contributed by atoms with Gasteiger partial charge in [-0.15, -0.1) is 0 Å². The summed E-state index contributed by atoms with van der Waals surface area (Å²) in [6, 6.07) is 6.38. The van der Waals surface area contributed by atoms with Gasteiger partial charge in [-0.05, 0) is 44.9 Å². The second-order valence-corrected chi connectivity index (χ2v) is 6.38. The van der Waals surface area contributed by atoms with Crippen LogP contribution in [-0.2, 0) is 4.79 Å². The Labute approximate surface area is 137 Å². The van der Waals surface area contributed by atoms with Crippen molar-refractivity contribution in [3.8, 4) is 0 Å². The molecular formula is C18H24N4O. The molecule has 1 atom stereocenters. The minimum Gasteiger partial charge on any atom is -0.325 e. The lowest BCUT2D eigenvalue weighted by atomic mass is 9.97. The second-order valence-electron chi connectivity index (χ2n) is 6.38. The average Bonchev–Trinajstić information content (AvgIpc) is 3.05. The first kappa shape index (κ1) is 15.7. The first-order valence-electron chi connectivity index (χ1n) is 8.23. The molecule has 0 aliphatic carbocycles. The van der Waals surface area contributed by atoms with Gasteiger partial charge >= 0.3 is 0 Å². The number of anilines is 1. The van der Waals surface area contributed by atoms with Crippen LogP contribution in [0.5, 0.6) is 0 Å². The van der Waals surface area contributed by atoms with Crippen LogP contribution in [0.25, 0.3) is 0 Å². The number of hydrogen-bond acceptors (Lipinski definition) is 3. The largest absolute Gasteiger partial charge is 0.325 e. The molecule has 0 bridgehead atoms. The van der Waals surface area contributed by atoms with E-state index in [-0.39, 0.29) is 11.9 Å². The van der Waals surface area contributed by atoms with Crippen LogP contribution < -0.4 is 5.32 Å². The van der Waals surface area contributed by atoms with Crippen molar-refractivity contribution < 1.29 is 4.79 Å². The molecule has 1 aromatic heterocycles.